The minimum atomic E-state index is 0.844. The fourth-order valence-electron chi connectivity index (χ4n) is 1.32. The van der Waals surface area contributed by atoms with Crippen LogP contribution in [0, 0.1) is 6.92 Å². The SMILES string of the molecule is [CH2]c1coc(Cc2ccccc2)c1. The van der Waals surface area contributed by atoms with Crippen LogP contribution in [-0.2, 0) is 6.42 Å². The van der Waals surface area contributed by atoms with Gasteiger partial charge >= 0.3 is 0 Å². The van der Waals surface area contributed by atoms with E-state index in [4.69, 9.17) is 4.42 Å². The second kappa shape index (κ2) is 3.48. The van der Waals surface area contributed by atoms with Gasteiger partial charge in [-0.15, -0.1) is 0 Å². The van der Waals surface area contributed by atoms with Gasteiger partial charge in [0.15, 0.2) is 0 Å². The molecule has 0 amide bonds. The molecule has 2 aromatic rings. The van der Waals surface area contributed by atoms with Crippen LogP contribution < -0.4 is 0 Å². The number of benzene rings is 1. The van der Waals surface area contributed by atoms with Gasteiger partial charge < -0.3 is 4.42 Å². The van der Waals surface area contributed by atoms with Crippen molar-refractivity contribution in [2.24, 2.45) is 0 Å². The summed E-state index contributed by atoms with van der Waals surface area (Å²) in [6, 6.07) is 12.2. The standard InChI is InChI=1S/C12H11O/c1-10-7-12(13-9-10)8-11-5-3-2-4-6-11/h2-7,9H,1,8H2. The molecular weight excluding hydrogens is 160 g/mol. The van der Waals surface area contributed by atoms with Crippen molar-refractivity contribution in [3.63, 3.8) is 0 Å². The van der Waals surface area contributed by atoms with Crippen molar-refractivity contribution in [2.75, 3.05) is 0 Å². The molecule has 1 aromatic heterocycles. The Balaban J connectivity index is 2.15. The van der Waals surface area contributed by atoms with Crippen molar-refractivity contribution >= 4 is 0 Å². The molecule has 0 N–H and O–H groups in total. The lowest BCUT2D eigenvalue weighted by molar-refractivity contribution is 0.520. The molecule has 0 saturated heterocycles. The third kappa shape index (κ3) is 2.00. The van der Waals surface area contributed by atoms with Crippen molar-refractivity contribution in [1.82, 2.24) is 0 Å². The largest absolute Gasteiger partial charge is 0.469 e. The van der Waals surface area contributed by atoms with Gasteiger partial charge in [0.25, 0.3) is 0 Å². The zero-order valence-electron chi connectivity index (χ0n) is 7.36. The molecule has 1 aromatic carbocycles. The van der Waals surface area contributed by atoms with Crippen molar-refractivity contribution in [2.45, 2.75) is 6.42 Å². The molecule has 0 unspecified atom stereocenters. The Kier molecular flexibility index (Phi) is 2.17. The second-order valence-corrected chi connectivity index (χ2v) is 3.08. The zero-order valence-corrected chi connectivity index (χ0v) is 7.36. The quantitative estimate of drug-likeness (QED) is 0.676. The molecule has 65 valence electrons. The van der Waals surface area contributed by atoms with Crippen molar-refractivity contribution in [3.05, 3.63) is 66.5 Å². The first kappa shape index (κ1) is 8.11. The molecule has 0 bridgehead atoms. The Morgan fingerprint density at radius 1 is 1.15 bits per heavy atom. The molecule has 1 nitrogen and oxygen atoms in total. The van der Waals surface area contributed by atoms with E-state index >= 15 is 0 Å². The van der Waals surface area contributed by atoms with Crippen LogP contribution in [0.5, 0.6) is 0 Å². The predicted molar refractivity (Wildman–Crippen MR) is 52.4 cm³/mol. The van der Waals surface area contributed by atoms with Crippen LogP contribution in [0.15, 0.2) is 47.1 Å². The van der Waals surface area contributed by atoms with Gasteiger partial charge in [-0.3, -0.25) is 0 Å². The second-order valence-electron chi connectivity index (χ2n) is 3.08. The smallest absolute Gasteiger partial charge is 0.108 e. The minimum absolute atomic E-state index is 0.844. The molecule has 0 aliphatic rings. The Bertz CT molecular complexity index is 373. The number of rotatable bonds is 2. The fourth-order valence-corrected chi connectivity index (χ4v) is 1.32. The summed E-state index contributed by atoms with van der Waals surface area (Å²) in [5.41, 5.74) is 2.20. The number of hydrogen-bond donors (Lipinski definition) is 0. The summed E-state index contributed by atoms with van der Waals surface area (Å²) in [5, 5.41) is 0. The van der Waals surface area contributed by atoms with E-state index in [9.17, 15) is 0 Å². The molecule has 1 heteroatoms. The van der Waals surface area contributed by atoms with Crippen LogP contribution >= 0.6 is 0 Å². The zero-order chi connectivity index (χ0) is 9.10. The number of hydrogen-bond acceptors (Lipinski definition) is 1. The first-order valence-electron chi connectivity index (χ1n) is 4.28. The normalized spacial score (nSPS) is 10.2. The Morgan fingerprint density at radius 3 is 2.54 bits per heavy atom. The average Bonchev–Trinajstić information content (AvgIpc) is 2.53. The minimum Gasteiger partial charge on any atom is -0.469 e. The van der Waals surface area contributed by atoms with Crippen LogP contribution in [0.4, 0.5) is 0 Å². The summed E-state index contributed by atoms with van der Waals surface area (Å²) < 4.78 is 5.31. The summed E-state index contributed by atoms with van der Waals surface area (Å²) in [6.45, 7) is 3.79. The maximum atomic E-state index is 5.31. The molecule has 13 heavy (non-hydrogen) atoms. The highest BCUT2D eigenvalue weighted by Crippen LogP contribution is 2.11. The van der Waals surface area contributed by atoms with E-state index in [1.807, 2.05) is 24.3 Å². The first-order chi connectivity index (χ1) is 6.34. The molecule has 1 heterocycles. The third-order valence-electron chi connectivity index (χ3n) is 1.93. The van der Waals surface area contributed by atoms with Crippen molar-refractivity contribution < 1.29 is 4.42 Å². The average molecular weight is 171 g/mol. The van der Waals surface area contributed by atoms with E-state index in [2.05, 4.69) is 19.1 Å². The molecule has 2 rings (SSSR count). The van der Waals surface area contributed by atoms with Gasteiger partial charge in [0.2, 0.25) is 0 Å². The lowest BCUT2D eigenvalue weighted by atomic mass is 10.1. The van der Waals surface area contributed by atoms with E-state index in [1.165, 1.54) is 5.56 Å². The predicted octanol–water partition coefficient (Wildman–Crippen LogP) is 3.05. The van der Waals surface area contributed by atoms with Gasteiger partial charge in [0.1, 0.15) is 5.76 Å². The summed E-state index contributed by atoms with van der Waals surface area (Å²) in [5.74, 6) is 0.969. The summed E-state index contributed by atoms with van der Waals surface area (Å²) in [6.07, 6.45) is 2.52. The van der Waals surface area contributed by atoms with E-state index in [0.29, 0.717) is 0 Å². The van der Waals surface area contributed by atoms with Gasteiger partial charge in [-0.05, 0) is 24.1 Å². The summed E-state index contributed by atoms with van der Waals surface area (Å²) in [4.78, 5) is 0. The topological polar surface area (TPSA) is 13.1 Å². The van der Waals surface area contributed by atoms with Gasteiger partial charge in [-0.2, -0.15) is 0 Å². The van der Waals surface area contributed by atoms with Crippen LogP contribution in [0.3, 0.4) is 0 Å². The first-order valence-corrected chi connectivity index (χ1v) is 4.28. The van der Waals surface area contributed by atoms with Crippen LogP contribution in [-0.4, -0.2) is 0 Å². The molecule has 0 spiro atoms. The summed E-state index contributed by atoms with van der Waals surface area (Å²) >= 11 is 0. The number of furan rings is 1. The van der Waals surface area contributed by atoms with Gasteiger partial charge in [-0.1, -0.05) is 30.3 Å². The highest BCUT2D eigenvalue weighted by Gasteiger charge is 1.99. The van der Waals surface area contributed by atoms with E-state index in [1.54, 1.807) is 6.26 Å². The van der Waals surface area contributed by atoms with E-state index < -0.39 is 0 Å². The third-order valence-corrected chi connectivity index (χ3v) is 1.93. The molecule has 0 saturated carbocycles. The molecule has 0 aliphatic heterocycles. The Labute approximate surface area is 78.0 Å². The monoisotopic (exact) mass is 171 g/mol. The van der Waals surface area contributed by atoms with Gasteiger partial charge in [-0.25, -0.2) is 0 Å². The van der Waals surface area contributed by atoms with Crippen molar-refractivity contribution in [1.29, 1.82) is 0 Å². The molecular formula is C12H11O. The van der Waals surface area contributed by atoms with E-state index in [-0.39, 0.29) is 0 Å². The Morgan fingerprint density at radius 2 is 1.92 bits per heavy atom. The highest BCUT2D eigenvalue weighted by molar-refractivity contribution is 5.23. The van der Waals surface area contributed by atoms with Gasteiger partial charge in [0.05, 0.1) is 6.26 Å². The lowest BCUT2D eigenvalue weighted by Crippen LogP contribution is -1.83. The fraction of sp³-hybridized carbons (Fsp3) is 0.0833. The van der Waals surface area contributed by atoms with Crippen LogP contribution in [0.2, 0.25) is 0 Å². The van der Waals surface area contributed by atoms with E-state index in [0.717, 1.165) is 17.7 Å². The lowest BCUT2D eigenvalue weighted by Gasteiger charge is -1.95. The van der Waals surface area contributed by atoms with Crippen LogP contribution in [0.25, 0.3) is 0 Å². The molecule has 0 aliphatic carbocycles. The van der Waals surface area contributed by atoms with Crippen molar-refractivity contribution in [3.8, 4) is 0 Å². The molecule has 1 radical (unpaired) electrons. The summed E-state index contributed by atoms with van der Waals surface area (Å²) in [7, 11) is 0. The maximum Gasteiger partial charge on any atom is 0.108 e. The van der Waals surface area contributed by atoms with Crippen LogP contribution in [0.1, 0.15) is 16.9 Å². The maximum absolute atomic E-state index is 5.31. The Hall–Kier alpha value is -1.50. The molecule has 0 fully saturated rings. The van der Waals surface area contributed by atoms with Gasteiger partial charge in [0, 0.05) is 6.42 Å². The molecule has 0 atom stereocenters. The highest BCUT2D eigenvalue weighted by atomic mass is 16.3.